The fourth-order valence-electron chi connectivity index (χ4n) is 3.15. The van der Waals surface area contributed by atoms with E-state index in [0.29, 0.717) is 11.0 Å². The van der Waals surface area contributed by atoms with Gasteiger partial charge in [0.2, 0.25) is 0 Å². The van der Waals surface area contributed by atoms with Crippen LogP contribution in [0.2, 0.25) is 0 Å². The van der Waals surface area contributed by atoms with Crippen LogP contribution < -0.4 is 5.73 Å². The van der Waals surface area contributed by atoms with E-state index in [0.717, 1.165) is 13.1 Å². The topological polar surface area (TPSA) is 29.3 Å². The summed E-state index contributed by atoms with van der Waals surface area (Å²) in [5.41, 5.74) is 7.19. The molecule has 1 saturated carbocycles. The van der Waals surface area contributed by atoms with Gasteiger partial charge in [0.25, 0.3) is 0 Å². The molecule has 0 unspecified atom stereocenters. The van der Waals surface area contributed by atoms with Gasteiger partial charge < -0.3 is 5.73 Å². The summed E-state index contributed by atoms with van der Waals surface area (Å²) >= 11 is 5.10. The van der Waals surface area contributed by atoms with Gasteiger partial charge in [0.1, 0.15) is 0 Å². The Balaban J connectivity index is 1.72. The van der Waals surface area contributed by atoms with Crippen LogP contribution in [0.5, 0.6) is 0 Å². The summed E-state index contributed by atoms with van der Waals surface area (Å²) in [6, 6.07) is 11.5. The Morgan fingerprint density at radius 3 is 2.50 bits per heavy atom. The third-order valence-electron chi connectivity index (χ3n) is 4.20. The molecule has 0 heterocycles. The first-order valence-electron chi connectivity index (χ1n) is 7.82. The normalized spacial score (nSPS) is 15.8. The van der Waals surface area contributed by atoms with Gasteiger partial charge in [0.05, 0.1) is 4.99 Å². The Morgan fingerprint density at radius 2 is 1.85 bits per heavy atom. The predicted octanol–water partition coefficient (Wildman–Crippen LogP) is 3.54. The van der Waals surface area contributed by atoms with Crippen LogP contribution in [0.3, 0.4) is 0 Å². The second kappa shape index (κ2) is 8.38. The molecule has 2 N–H and O–H groups in total. The largest absolute Gasteiger partial charge is 0.392 e. The van der Waals surface area contributed by atoms with E-state index in [2.05, 4.69) is 35.2 Å². The van der Waals surface area contributed by atoms with Crippen molar-refractivity contribution in [1.82, 2.24) is 4.90 Å². The minimum absolute atomic E-state index is 0.639. The molecule has 0 amide bonds. The molecule has 0 spiro atoms. The lowest BCUT2D eigenvalue weighted by Crippen LogP contribution is -2.40. The molecule has 1 aromatic carbocycles. The van der Waals surface area contributed by atoms with E-state index in [9.17, 15) is 0 Å². The SMILES string of the molecule is NC(=S)CN(CCCCc1ccccc1)C1CCCC1. The van der Waals surface area contributed by atoms with Crippen LogP contribution in [0.1, 0.15) is 44.1 Å². The molecule has 3 heteroatoms. The predicted molar refractivity (Wildman–Crippen MR) is 90.0 cm³/mol. The third kappa shape index (κ3) is 5.22. The van der Waals surface area contributed by atoms with Crippen LogP contribution >= 0.6 is 12.2 Å². The second-order valence-electron chi connectivity index (χ2n) is 5.82. The van der Waals surface area contributed by atoms with E-state index in [1.165, 1.54) is 50.5 Å². The van der Waals surface area contributed by atoms with E-state index >= 15 is 0 Å². The number of benzene rings is 1. The Hall–Kier alpha value is -0.930. The molecule has 0 aromatic heterocycles. The molecule has 0 atom stereocenters. The third-order valence-corrected chi connectivity index (χ3v) is 4.33. The zero-order valence-corrected chi connectivity index (χ0v) is 13.1. The van der Waals surface area contributed by atoms with Crippen LogP contribution in [0.4, 0.5) is 0 Å². The van der Waals surface area contributed by atoms with Crippen molar-refractivity contribution < 1.29 is 0 Å². The quantitative estimate of drug-likeness (QED) is 0.586. The first kappa shape index (κ1) is 15.5. The number of aryl methyl sites for hydroxylation is 1. The van der Waals surface area contributed by atoms with Gasteiger partial charge >= 0.3 is 0 Å². The molecule has 0 bridgehead atoms. The molecule has 1 fully saturated rings. The highest BCUT2D eigenvalue weighted by atomic mass is 32.1. The van der Waals surface area contributed by atoms with Gasteiger partial charge in [-0.1, -0.05) is 55.4 Å². The Kier molecular flexibility index (Phi) is 6.48. The summed E-state index contributed by atoms with van der Waals surface area (Å²) in [7, 11) is 0. The van der Waals surface area contributed by atoms with Gasteiger partial charge in [-0.2, -0.15) is 0 Å². The molecule has 2 nitrogen and oxygen atoms in total. The fourth-order valence-corrected chi connectivity index (χ4v) is 3.31. The maximum Gasteiger partial charge on any atom is 0.0870 e. The number of nitrogens with zero attached hydrogens (tertiary/aromatic N) is 1. The van der Waals surface area contributed by atoms with Crippen LogP contribution in [0.15, 0.2) is 30.3 Å². The number of hydrogen-bond donors (Lipinski definition) is 1. The summed E-state index contributed by atoms with van der Waals surface area (Å²) in [6.07, 6.45) is 9.01. The lowest BCUT2D eigenvalue weighted by molar-refractivity contribution is 0.223. The van der Waals surface area contributed by atoms with E-state index in [4.69, 9.17) is 18.0 Å². The minimum Gasteiger partial charge on any atom is -0.392 e. The highest BCUT2D eigenvalue weighted by molar-refractivity contribution is 7.80. The molecule has 0 radical (unpaired) electrons. The lowest BCUT2D eigenvalue weighted by atomic mass is 10.1. The summed E-state index contributed by atoms with van der Waals surface area (Å²) in [4.78, 5) is 3.15. The van der Waals surface area contributed by atoms with E-state index in [1.807, 2.05) is 0 Å². The average Bonchev–Trinajstić information content (AvgIpc) is 2.97. The van der Waals surface area contributed by atoms with Gasteiger partial charge in [-0.3, -0.25) is 4.90 Å². The molecule has 2 rings (SSSR count). The van der Waals surface area contributed by atoms with Gasteiger partial charge in [-0.15, -0.1) is 0 Å². The van der Waals surface area contributed by atoms with Gasteiger partial charge in [0.15, 0.2) is 0 Å². The minimum atomic E-state index is 0.639. The van der Waals surface area contributed by atoms with Crippen molar-refractivity contribution in [2.24, 2.45) is 5.73 Å². The Labute approximate surface area is 128 Å². The molecular formula is C17H26N2S. The molecule has 110 valence electrons. The van der Waals surface area contributed by atoms with E-state index in [1.54, 1.807) is 0 Å². The van der Waals surface area contributed by atoms with Gasteiger partial charge in [0, 0.05) is 12.6 Å². The molecule has 1 aliphatic rings. The number of hydrogen-bond acceptors (Lipinski definition) is 2. The fraction of sp³-hybridized carbons (Fsp3) is 0.588. The highest BCUT2D eigenvalue weighted by Gasteiger charge is 2.22. The van der Waals surface area contributed by atoms with E-state index < -0.39 is 0 Å². The van der Waals surface area contributed by atoms with Crippen molar-refractivity contribution in [3.63, 3.8) is 0 Å². The van der Waals surface area contributed by atoms with Crippen molar-refractivity contribution in [1.29, 1.82) is 0 Å². The molecule has 1 aromatic rings. The average molecular weight is 290 g/mol. The van der Waals surface area contributed by atoms with Crippen LogP contribution in [-0.2, 0) is 6.42 Å². The maximum absolute atomic E-state index is 5.75. The van der Waals surface area contributed by atoms with Crippen molar-refractivity contribution >= 4 is 17.2 Å². The van der Waals surface area contributed by atoms with Crippen molar-refractivity contribution in [3.05, 3.63) is 35.9 Å². The number of nitrogens with two attached hydrogens (primary N) is 1. The Morgan fingerprint density at radius 1 is 1.15 bits per heavy atom. The van der Waals surface area contributed by atoms with Crippen LogP contribution in [0, 0.1) is 0 Å². The smallest absolute Gasteiger partial charge is 0.0870 e. The zero-order chi connectivity index (χ0) is 14.2. The molecule has 0 aliphatic heterocycles. The number of thiocarbonyl (C=S) groups is 1. The van der Waals surface area contributed by atoms with Crippen molar-refractivity contribution in [2.45, 2.75) is 51.0 Å². The highest BCUT2D eigenvalue weighted by Crippen LogP contribution is 2.23. The second-order valence-corrected chi connectivity index (χ2v) is 6.34. The zero-order valence-electron chi connectivity index (χ0n) is 12.3. The molecule has 20 heavy (non-hydrogen) atoms. The molecule has 0 saturated heterocycles. The summed E-state index contributed by atoms with van der Waals surface area (Å²) in [5.74, 6) is 0. The maximum atomic E-state index is 5.75. The molecule has 1 aliphatic carbocycles. The van der Waals surface area contributed by atoms with Crippen LogP contribution in [0.25, 0.3) is 0 Å². The number of unbranched alkanes of at least 4 members (excludes halogenated alkanes) is 1. The first-order valence-corrected chi connectivity index (χ1v) is 8.23. The first-order chi connectivity index (χ1) is 9.75. The van der Waals surface area contributed by atoms with Gasteiger partial charge in [-0.05, 0) is 44.2 Å². The van der Waals surface area contributed by atoms with E-state index in [-0.39, 0.29) is 0 Å². The summed E-state index contributed by atoms with van der Waals surface area (Å²) in [6.45, 7) is 1.93. The summed E-state index contributed by atoms with van der Waals surface area (Å²) in [5, 5.41) is 0. The monoisotopic (exact) mass is 290 g/mol. The lowest BCUT2D eigenvalue weighted by Gasteiger charge is -2.28. The Bertz CT molecular complexity index is 399. The standard InChI is InChI=1S/C17H26N2S/c18-17(20)14-19(16-11-4-5-12-16)13-7-6-10-15-8-2-1-3-9-15/h1-3,8-9,16H,4-7,10-14H2,(H2,18,20). The van der Waals surface area contributed by atoms with Crippen molar-refractivity contribution in [2.75, 3.05) is 13.1 Å². The summed E-state index contributed by atoms with van der Waals surface area (Å²) < 4.78 is 0. The van der Waals surface area contributed by atoms with Crippen molar-refractivity contribution in [3.8, 4) is 0 Å². The van der Waals surface area contributed by atoms with Crippen LogP contribution in [-0.4, -0.2) is 29.0 Å². The number of rotatable bonds is 8. The molecular weight excluding hydrogens is 264 g/mol. The van der Waals surface area contributed by atoms with Gasteiger partial charge in [-0.25, -0.2) is 0 Å².